The third kappa shape index (κ3) is 4.51. The van der Waals surface area contributed by atoms with Crippen LogP contribution in [-0.2, 0) is 0 Å². The predicted octanol–water partition coefficient (Wildman–Crippen LogP) is 1.02. The van der Waals surface area contributed by atoms with Crippen LogP contribution in [0.3, 0.4) is 0 Å². The molecular weight excluding hydrogens is 278 g/mol. The van der Waals surface area contributed by atoms with E-state index in [4.69, 9.17) is 5.73 Å². The van der Waals surface area contributed by atoms with Crippen LogP contribution in [0.1, 0.15) is 16.1 Å². The number of nitrogens with one attached hydrogen (secondary N) is 1. The van der Waals surface area contributed by atoms with Gasteiger partial charge in [-0.3, -0.25) is 4.79 Å². The average Bonchev–Trinajstić information content (AvgIpc) is 2.43. The lowest BCUT2D eigenvalue weighted by molar-refractivity contribution is -0.123. The second kappa shape index (κ2) is 6.86. The highest BCUT2D eigenvalue weighted by molar-refractivity contribution is 5.92. The van der Waals surface area contributed by atoms with Crippen LogP contribution in [0.2, 0.25) is 0 Å². The first kappa shape index (κ1) is 15.9. The molecule has 0 bridgehead atoms. The predicted molar refractivity (Wildman–Crippen MR) is 63.5 cm³/mol. The standard InChI is InChI=1S/C12H11F4N3O/c13-11(14)12(15,16)7-19-10(20)9-4-3-8(6-18-9)2-1-5-17/h3-4,6,11H,5,7,17H2,(H,19,20). The van der Waals surface area contributed by atoms with Crippen LogP contribution in [0.5, 0.6) is 0 Å². The van der Waals surface area contributed by atoms with Crippen molar-refractivity contribution in [3.63, 3.8) is 0 Å². The van der Waals surface area contributed by atoms with E-state index in [1.54, 1.807) is 5.32 Å². The summed E-state index contributed by atoms with van der Waals surface area (Å²) in [5.74, 6) is -0.0257. The number of hydrogen-bond donors (Lipinski definition) is 2. The molecule has 0 unspecified atom stereocenters. The SMILES string of the molecule is NCC#Cc1ccc(C(=O)NCC(F)(F)C(F)F)nc1. The van der Waals surface area contributed by atoms with Crippen molar-refractivity contribution < 1.29 is 22.4 Å². The van der Waals surface area contributed by atoms with Gasteiger partial charge in [0.15, 0.2) is 0 Å². The van der Waals surface area contributed by atoms with Crippen molar-refractivity contribution in [1.29, 1.82) is 0 Å². The summed E-state index contributed by atoms with van der Waals surface area (Å²) in [7, 11) is 0. The maximum atomic E-state index is 12.6. The Labute approximate surface area is 112 Å². The van der Waals surface area contributed by atoms with Gasteiger partial charge in [0, 0.05) is 11.8 Å². The maximum Gasteiger partial charge on any atom is 0.324 e. The Balaban J connectivity index is 2.65. The van der Waals surface area contributed by atoms with E-state index < -0.39 is 24.8 Å². The number of nitrogens with two attached hydrogens (primary N) is 1. The number of amides is 1. The molecule has 0 radical (unpaired) electrons. The summed E-state index contributed by atoms with van der Waals surface area (Å²) in [5, 5.41) is 1.70. The Morgan fingerprint density at radius 1 is 1.45 bits per heavy atom. The lowest BCUT2D eigenvalue weighted by Crippen LogP contribution is -2.41. The van der Waals surface area contributed by atoms with E-state index >= 15 is 0 Å². The van der Waals surface area contributed by atoms with Crippen LogP contribution in [0.15, 0.2) is 18.3 Å². The number of halogens is 4. The smallest absolute Gasteiger partial charge is 0.324 e. The van der Waals surface area contributed by atoms with E-state index in [2.05, 4.69) is 16.8 Å². The number of alkyl halides is 4. The molecule has 0 aliphatic heterocycles. The lowest BCUT2D eigenvalue weighted by Gasteiger charge is -2.15. The highest BCUT2D eigenvalue weighted by atomic mass is 19.3. The van der Waals surface area contributed by atoms with Crippen molar-refractivity contribution >= 4 is 5.91 Å². The first-order valence-electron chi connectivity index (χ1n) is 5.46. The van der Waals surface area contributed by atoms with Gasteiger partial charge < -0.3 is 11.1 Å². The molecular formula is C12H11F4N3O. The summed E-state index contributed by atoms with van der Waals surface area (Å²) in [6, 6.07) is 2.69. The van der Waals surface area contributed by atoms with E-state index in [0.717, 1.165) is 0 Å². The fourth-order valence-electron chi connectivity index (χ4n) is 1.12. The van der Waals surface area contributed by atoms with E-state index in [1.165, 1.54) is 18.3 Å². The Morgan fingerprint density at radius 2 is 2.15 bits per heavy atom. The molecule has 1 heterocycles. The van der Waals surface area contributed by atoms with Crippen molar-refractivity contribution in [3.8, 4) is 11.8 Å². The molecule has 0 aliphatic rings. The van der Waals surface area contributed by atoms with Crippen molar-refractivity contribution in [3.05, 3.63) is 29.6 Å². The van der Waals surface area contributed by atoms with Crippen molar-refractivity contribution in [1.82, 2.24) is 10.3 Å². The molecule has 0 aromatic carbocycles. The van der Waals surface area contributed by atoms with Gasteiger partial charge in [-0.2, -0.15) is 8.78 Å². The summed E-state index contributed by atoms with van der Waals surface area (Å²) in [5.41, 5.74) is 5.49. The number of pyridine rings is 1. The lowest BCUT2D eigenvalue weighted by atomic mass is 10.2. The van der Waals surface area contributed by atoms with Gasteiger partial charge in [-0.05, 0) is 12.1 Å². The van der Waals surface area contributed by atoms with E-state index in [-0.39, 0.29) is 12.2 Å². The molecule has 0 spiro atoms. The molecule has 1 aromatic rings. The topological polar surface area (TPSA) is 68.0 Å². The zero-order valence-electron chi connectivity index (χ0n) is 10.2. The minimum atomic E-state index is -4.28. The molecule has 0 saturated heterocycles. The molecule has 0 fully saturated rings. The average molecular weight is 289 g/mol. The highest BCUT2D eigenvalue weighted by Gasteiger charge is 2.40. The fraction of sp³-hybridized carbons (Fsp3) is 0.333. The van der Waals surface area contributed by atoms with Gasteiger partial charge in [-0.15, -0.1) is 0 Å². The van der Waals surface area contributed by atoms with Crippen LogP contribution in [-0.4, -0.2) is 36.3 Å². The number of aromatic nitrogens is 1. The Bertz CT molecular complexity index is 520. The number of hydrogen-bond acceptors (Lipinski definition) is 3. The van der Waals surface area contributed by atoms with E-state index in [1.807, 2.05) is 0 Å². The molecule has 3 N–H and O–H groups in total. The summed E-state index contributed by atoms with van der Waals surface area (Å²) in [6.45, 7) is -1.30. The van der Waals surface area contributed by atoms with Gasteiger partial charge in [0.05, 0.1) is 13.1 Å². The van der Waals surface area contributed by atoms with Gasteiger partial charge in [0.1, 0.15) is 5.69 Å². The maximum absolute atomic E-state index is 12.6. The molecule has 0 aliphatic carbocycles. The molecule has 20 heavy (non-hydrogen) atoms. The second-order valence-corrected chi connectivity index (χ2v) is 3.68. The molecule has 0 atom stereocenters. The number of rotatable bonds is 4. The quantitative estimate of drug-likeness (QED) is 0.642. The highest BCUT2D eigenvalue weighted by Crippen LogP contribution is 2.21. The van der Waals surface area contributed by atoms with Gasteiger partial charge in [0.2, 0.25) is 0 Å². The molecule has 1 rings (SSSR count). The number of carbonyl (C=O) groups excluding carboxylic acids is 1. The monoisotopic (exact) mass is 289 g/mol. The summed E-state index contributed by atoms with van der Waals surface area (Å²) >= 11 is 0. The first-order valence-corrected chi connectivity index (χ1v) is 5.46. The second-order valence-electron chi connectivity index (χ2n) is 3.68. The zero-order valence-corrected chi connectivity index (χ0v) is 10.2. The van der Waals surface area contributed by atoms with E-state index in [9.17, 15) is 22.4 Å². The fourth-order valence-corrected chi connectivity index (χ4v) is 1.12. The molecule has 0 saturated carbocycles. The van der Waals surface area contributed by atoms with Gasteiger partial charge in [-0.1, -0.05) is 11.8 Å². The Hall–Kier alpha value is -2.14. The third-order valence-electron chi connectivity index (χ3n) is 2.13. The molecule has 1 aromatic heterocycles. The van der Waals surface area contributed by atoms with Crippen molar-refractivity contribution in [2.24, 2.45) is 5.73 Å². The summed E-state index contributed by atoms with van der Waals surface area (Å²) in [6.07, 6.45) is -2.59. The summed E-state index contributed by atoms with van der Waals surface area (Å²) in [4.78, 5) is 15.1. The van der Waals surface area contributed by atoms with Gasteiger partial charge in [0.25, 0.3) is 5.91 Å². The minimum absolute atomic E-state index is 0.158. The Morgan fingerprint density at radius 3 is 2.65 bits per heavy atom. The van der Waals surface area contributed by atoms with Crippen LogP contribution < -0.4 is 11.1 Å². The first-order chi connectivity index (χ1) is 9.36. The number of carbonyl (C=O) groups is 1. The van der Waals surface area contributed by atoms with Gasteiger partial charge >= 0.3 is 12.3 Å². The van der Waals surface area contributed by atoms with Crippen LogP contribution >= 0.6 is 0 Å². The van der Waals surface area contributed by atoms with Crippen molar-refractivity contribution in [2.45, 2.75) is 12.3 Å². The minimum Gasteiger partial charge on any atom is -0.344 e. The number of nitrogens with zero attached hydrogens (tertiary/aromatic N) is 1. The molecule has 108 valence electrons. The molecule has 1 amide bonds. The van der Waals surface area contributed by atoms with Crippen LogP contribution in [0.4, 0.5) is 17.6 Å². The van der Waals surface area contributed by atoms with Gasteiger partial charge in [-0.25, -0.2) is 13.8 Å². The van der Waals surface area contributed by atoms with Crippen LogP contribution in [0.25, 0.3) is 0 Å². The summed E-state index contributed by atoms with van der Waals surface area (Å²) < 4.78 is 49.0. The molecule has 4 nitrogen and oxygen atoms in total. The normalized spacial score (nSPS) is 10.9. The van der Waals surface area contributed by atoms with E-state index in [0.29, 0.717) is 5.56 Å². The largest absolute Gasteiger partial charge is 0.344 e. The van der Waals surface area contributed by atoms with Crippen LogP contribution in [0, 0.1) is 11.8 Å². The van der Waals surface area contributed by atoms with Crippen molar-refractivity contribution in [2.75, 3.05) is 13.1 Å². The zero-order chi connectivity index (χ0) is 15.2. The Kier molecular flexibility index (Phi) is 5.46. The third-order valence-corrected chi connectivity index (χ3v) is 2.13. The molecule has 8 heteroatoms.